The number of carboxylic acids is 1. The summed E-state index contributed by atoms with van der Waals surface area (Å²) < 4.78 is 26.4. The number of piperidine rings is 1. The van der Waals surface area contributed by atoms with Gasteiger partial charge in [0.25, 0.3) is 0 Å². The van der Waals surface area contributed by atoms with Crippen molar-refractivity contribution in [1.82, 2.24) is 9.80 Å². The number of hydrogen-bond acceptors (Lipinski definition) is 3. The highest BCUT2D eigenvalue weighted by molar-refractivity contribution is 5.85. The largest absolute Gasteiger partial charge is 0.480 e. The van der Waals surface area contributed by atoms with Gasteiger partial charge in [0.2, 0.25) is 0 Å². The van der Waals surface area contributed by atoms with E-state index in [1.165, 1.54) is 12.1 Å². The molecule has 136 valence electrons. The molecule has 0 bridgehead atoms. The van der Waals surface area contributed by atoms with Gasteiger partial charge in [-0.2, -0.15) is 0 Å². The van der Waals surface area contributed by atoms with Crippen LogP contribution in [0, 0.1) is 11.6 Å². The molecule has 1 saturated heterocycles. The summed E-state index contributed by atoms with van der Waals surface area (Å²) in [6, 6.07) is 4.33. The van der Waals surface area contributed by atoms with Gasteiger partial charge in [-0.15, -0.1) is 12.4 Å². The van der Waals surface area contributed by atoms with Crippen molar-refractivity contribution in [3.05, 3.63) is 35.4 Å². The lowest BCUT2D eigenvalue weighted by molar-refractivity contribution is -0.139. The van der Waals surface area contributed by atoms with E-state index in [1.807, 2.05) is 18.7 Å². The molecule has 1 aromatic rings. The molecule has 0 radical (unpaired) electrons. The molecule has 0 spiro atoms. The summed E-state index contributed by atoms with van der Waals surface area (Å²) in [6.45, 7) is 6.39. The molecule has 1 atom stereocenters. The Morgan fingerprint density at radius 1 is 1.33 bits per heavy atom. The average molecular weight is 363 g/mol. The zero-order chi connectivity index (χ0) is 17.0. The quantitative estimate of drug-likeness (QED) is 0.843. The maximum absolute atomic E-state index is 13.4. The Balaban J connectivity index is 0.00000288. The smallest absolute Gasteiger partial charge is 0.317 e. The standard InChI is InChI=1S/C17H24F2N2O2.ClH/c1-3-20(11-17(22)23)14-6-8-21(9-7-14)12(2)13-4-5-15(18)16(19)10-13;/h4-5,10,12,14H,3,6-9,11H2,1-2H3,(H,22,23);1H. The van der Waals surface area contributed by atoms with Crippen molar-refractivity contribution in [3.8, 4) is 0 Å². The highest BCUT2D eigenvalue weighted by atomic mass is 35.5. The first-order valence-corrected chi connectivity index (χ1v) is 8.07. The number of nitrogens with zero attached hydrogens (tertiary/aromatic N) is 2. The van der Waals surface area contributed by atoms with E-state index in [1.54, 1.807) is 6.07 Å². The Labute approximate surface area is 147 Å². The second-order valence-electron chi connectivity index (χ2n) is 6.07. The van der Waals surface area contributed by atoms with E-state index in [-0.39, 0.29) is 31.0 Å². The topological polar surface area (TPSA) is 43.8 Å². The first-order chi connectivity index (χ1) is 10.9. The number of benzene rings is 1. The normalized spacial score (nSPS) is 17.5. The van der Waals surface area contributed by atoms with Gasteiger partial charge in [-0.3, -0.25) is 14.6 Å². The SMILES string of the molecule is CCN(CC(=O)O)C1CCN(C(C)c2ccc(F)c(F)c2)CC1.Cl. The van der Waals surface area contributed by atoms with E-state index >= 15 is 0 Å². The van der Waals surface area contributed by atoms with Crippen LogP contribution in [0.1, 0.15) is 38.3 Å². The van der Waals surface area contributed by atoms with E-state index in [9.17, 15) is 13.6 Å². The van der Waals surface area contributed by atoms with Gasteiger partial charge in [-0.25, -0.2) is 8.78 Å². The number of carbonyl (C=O) groups is 1. The maximum atomic E-state index is 13.4. The fourth-order valence-corrected chi connectivity index (χ4v) is 3.29. The van der Waals surface area contributed by atoms with E-state index < -0.39 is 17.6 Å². The molecule has 1 aromatic carbocycles. The number of halogens is 3. The molecular weight excluding hydrogens is 338 g/mol. The lowest BCUT2D eigenvalue weighted by atomic mass is 9.99. The van der Waals surface area contributed by atoms with Gasteiger partial charge >= 0.3 is 5.97 Å². The third kappa shape index (κ3) is 5.13. The molecule has 1 unspecified atom stereocenters. The third-order valence-electron chi connectivity index (χ3n) is 4.73. The predicted molar refractivity (Wildman–Crippen MR) is 91.5 cm³/mol. The van der Waals surface area contributed by atoms with Crippen LogP contribution in [0.25, 0.3) is 0 Å². The van der Waals surface area contributed by atoms with Crippen molar-refractivity contribution in [1.29, 1.82) is 0 Å². The Hall–Kier alpha value is -1.24. The van der Waals surface area contributed by atoms with Gasteiger partial charge in [0, 0.05) is 25.2 Å². The van der Waals surface area contributed by atoms with Crippen LogP contribution in [-0.2, 0) is 4.79 Å². The van der Waals surface area contributed by atoms with Gasteiger partial charge in [-0.1, -0.05) is 13.0 Å². The van der Waals surface area contributed by atoms with Gasteiger partial charge in [0.15, 0.2) is 11.6 Å². The van der Waals surface area contributed by atoms with Crippen molar-refractivity contribution in [2.75, 3.05) is 26.2 Å². The third-order valence-corrected chi connectivity index (χ3v) is 4.73. The monoisotopic (exact) mass is 362 g/mol. The first kappa shape index (κ1) is 20.8. The highest BCUT2D eigenvalue weighted by Crippen LogP contribution is 2.26. The molecule has 1 fully saturated rings. The number of rotatable bonds is 6. The number of aliphatic carboxylic acids is 1. The number of carboxylic acid groups (broad SMARTS) is 1. The molecule has 1 heterocycles. The molecule has 1 aliphatic rings. The van der Waals surface area contributed by atoms with Gasteiger partial charge in [0.1, 0.15) is 0 Å². The highest BCUT2D eigenvalue weighted by Gasteiger charge is 2.27. The molecule has 4 nitrogen and oxygen atoms in total. The minimum Gasteiger partial charge on any atom is -0.480 e. The van der Waals surface area contributed by atoms with Crippen LogP contribution in [0.4, 0.5) is 8.78 Å². The molecule has 1 N–H and O–H groups in total. The summed E-state index contributed by atoms with van der Waals surface area (Å²) in [5.41, 5.74) is 0.764. The zero-order valence-electron chi connectivity index (χ0n) is 14.0. The van der Waals surface area contributed by atoms with Gasteiger partial charge in [-0.05, 0) is 44.0 Å². The van der Waals surface area contributed by atoms with Crippen LogP contribution in [0.15, 0.2) is 18.2 Å². The molecule has 0 aliphatic carbocycles. The number of likely N-dealkylation sites (N-methyl/N-ethyl adjacent to an activating group) is 1. The van der Waals surface area contributed by atoms with Crippen molar-refractivity contribution in [3.63, 3.8) is 0 Å². The molecule has 7 heteroatoms. The van der Waals surface area contributed by atoms with E-state index in [0.717, 1.165) is 38.0 Å². The number of likely N-dealkylation sites (tertiary alicyclic amines) is 1. The Kier molecular flexibility index (Phi) is 8.06. The summed E-state index contributed by atoms with van der Waals surface area (Å²) in [5.74, 6) is -2.45. The van der Waals surface area contributed by atoms with Gasteiger partial charge in [0.05, 0.1) is 6.54 Å². The first-order valence-electron chi connectivity index (χ1n) is 8.07. The summed E-state index contributed by atoms with van der Waals surface area (Å²) in [6.07, 6.45) is 1.77. The van der Waals surface area contributed by atoms with Crippen molar-refractivity contribution in [2.24, 2.45) is 0 Å². The minimum atomic E-state index is -0.827. The second-order valence-corrected chi connectivity index (χ2v) is 6.07. The van der Waals surface area contributed by atoms with Crippen LogP contribution in [-0.4, -0.2) is 53.1 Å². The minimum absolute atomic E-state index is 0. The second kappa shape index (κ2) is 9.30. The van der Waals surface area contributed by atoms with Crippen LogP contribution >= 0.6 is 12.4 Å². The molecule has 0 aromatic heterocycles. The number of hydrogen-bond donors (Lipinski definition) is 1. The van der Waals surface area contributed by atoms with E-state index in [4.69, 9.17) is 5.11 Å². The van der Waals surface area contributed by atoms with Crippen molar-refractivity contribution < 1.29 is 18.7 Å². The van der Waals surface area contributed by atoms with Crippen molar-refractivity contribution in [2.45, 2.75) is 38.8 Å². The molecule has 2 rings (SSSR count). The molecule has 1 aliphatic heterocycles. The predicted octanol–water partition coefficient (Wildman–Crippen LogP) is 3.32. The van der Waals surface area contributed by atoms with E-state index in [2.05, 4.69) is 4.90 Å². The summed E-state index contributed by atoms with van der Waals surface area (Å²) >= 11 is 0. The van der Waals surface area contributed by atoms with Crippen molar-refractivity contribution >= 4 is 18.4 Å². The van der Waals surface area contributed by atoms with Crippen LogP contribution < -0.4 is 0 Å². The average Bonchev–Trinajstić information content (AvgIpc) is 2.54. The lowest BCUT2D eigenvalue weighted by Gasteiger charge is -2.40. The lowest BCUT2D eigenvalue weighted by Crippen LogP contribution is -2.47. The van der Waals surface area contributed by atoms with Gasteiger partial charge < -0.3 is 5.11 Å². The summed E-state index contributed by atoms with van der Waals surface area (Å²) in [4.78, 5) is 15.1. The Morgan fingerprint density at radius 3 is 2.46 bits per heavy atom. The van der Waals surface area contributed by atoms with Crippen LogP contribution in [0.5, 0.6) is 0 Å². The maximum Gasteiger partial charge on any atom is 0.317 e. The zero-order valence-corrected chi connectivity index (χ0v) is 14.9. The molecule has 0 saturated carbocycles. The molecule has 0 amide bonds. The van der Waals surface area contributed by atoms with E-state index in [0.29, 0.717) is 0 Å². The fraction of sp³-hybridized carbons (Fsp3) is 0.588. The summed E-state index contributed by atoms with van der Waals surface area (Å²) in [7, 11) is 0. The Bertz CT molecular complexity index is 551. The van der Waals surface area contributed by atoms with Crippen LogP contribution in [0.3, 0.4) is 0 Å². The Morgan fingerprint density at radius 2 is 1.96 bits per heavy atom. The fourth-order valence-electron chi connectivity index (χ4n) is 3.29. The molecule has 24 heavy (non-hydrogen) atoms. The summed E-state index contributed by atoms with van der Waals surface area (Å²) in [5, 5.41) is 8.96. The van der Waals surface area contributed by atoms with Crippen LogP contribution in [0.2, 0.25) is 0 Å². The molecular formula is C17H25ClF2N2O2.